The van der Waals surface area contributed by atoms with Gasteiger partial charge in [0.05, 0.1) is 5.02 Å². The van der Waals surface area contributed by atoms with Crippen molar-refractivity contribution in [1.82, 2.24) is 4.98 Å². The number of nitrogen functional groups attached to an aromatic ring is 1. The van der Waals surface area contributed by atoms with Gasteiger partial charge in [-0.2, -0.15) is 0 Å². The van der Waals surface area contributed by atoms with Crippen molar-refractivity contribution in [2.24, 2.45) is 11.8 Å². The molecule has 1 saturated heterocycles. The molecule has 106 valence electrons. The number of pyridine rings is 1. The summed E-state index contributed by atoms with van der Waals surface area (Å²) in [5, 5.41) is 0.668. The van der Waals surface area contributed by atoms with Crippen LogP contribution < -0.4 is 5.73 Å². The van der Waals surface area contributed by atoms with Crippen molar-refractivity contribution >= 4 is 17.4 Å². The Balaban J connectivity index is 2.16. The molecule has 0 unspecified atom stereocenters. The Hall–Kier alpha value is -0.800. The first-order valence-electron chi connectivity index (χ1n) is 7.06. The van der Waals surface area contributed by atoms with Crippen molar-refractivity contribution in [1.29, 1.82) is 0 Å². The zero-order valence-electron chi connectivity index (χ0n) is 11.7. The van der Waals surface area contributed by atoms with Gasteiger partial charge >= 0.3 is 0 Å². The minimum absolute atomic E-state index is 0.425. The van der Waals surface area contributed by atoms with Gasteiger partial charge < -0.3 is 10.5 Å². The number of aromatic nitrogens is 1. The van der Waals surface area contributed by atoms with E-state index < -0.39 is 0 Å². The number of anilines is 1. The maximum Gasteiger partial charge on any atom is 0.126 e. The fourth-order valence-corrected chi connectivity index (χ4v) is 3.03. The zero-order valence-corrected chi connectivity index (χ0v) is 12.5. The van der Waals surface area contributed by atoms with Gasteiger partial charge in [0.1, 0.15) is 5.82 Å². The highest BCUT2D eigenvalue weighted by Gasteiger charge is 2.25. The van der Waals surface area contributed by atoms with Gasteiger partial charge in [0, 0.05) is 19.4 Å². The number of halogens is 1. The van der Waals surface area contributed by atoms with Crippen LogP contribution in [-0.4, -0.2) is 18.2 Å². The van der Waals surface area contributed by atoms with Crippen molar-refractivity contribution in [2.45, 2.75) is 39.0 Å². The van der Waals surface area contributed by atoms with E-state index >= 15 is 0 Å². The smallest absolute Gasteiger partial charge is 0.126 e. The van der Waals surface area contributed by atoms with E-state index in [9.17, 15) is 0 Å². The van der Waals surface area contributed by atoms with Crippen LogP contribution in [-0.2, 0) is 4.74 Å². The van der Waals surface area contributed by atoms with E-state index in [2.05, 4.69) is 18.8 Å². The minimum Gasteiger partial charge on any atom is -0.383 e. The van der Waals surface area contributed by atoms with Gasteiger partial charge in [-0.3, -0.25) is 0 Å². The predicted octanol–water partition coefficient (Wildman–Crippen LogP) is 3.87. The van der Waals surface area contributed by atoms with Gasteiger partial charge in [-0.15, -0.1) is 0 Å². The summed E-state index contributed by atoms with van der Waals surface area (Å²) in [5.74, 6) is 2.30. The SMILES string of the molecule is CC(C)[C@H](CC1CCOCC1)c1cc(Cl)cnc1N. The highest BCUT2D eigenvalue weighted by atomic mass is 35.5. The molecule has 0 aliphatic carbocycles. The second-order valence-electron chi connectivity index (χ2n) is 5.77. The van der Waals surface area contributed by atoms with Gasteiger partial charge in [0.2, 0.25) is 0 Å². The average molecular weight is 283 g/mol. The van der Waals surface area contributed by atoms with E-state index in [4.69, 9.17) is 22.1 Å². The highest BCUT2D eigenvalue weighted by Crippen LogP contribution is 2.37. The van der Waals surface area contributed by atoms with E-state index in [0.29, 0.717) is 22.7 Å². The second-order valence-corrected chi connectivity index (χ2v) is 6.21. The Kier molecular flexibility index (Phi) is 5.06. The molecule has 1 fully saturated rings. The molecule has 2 heterocycles. The molecule has 0 aromatic carbocycles. The lowest BCUT2D eigenvalue weighted by atomic mass is 9.79. The van der Waals surface area contributed by atoms with E-state index in [-0.39, 0.29) is 0 Å². The molecule has 4 heteroatoms. The largest absolute Gasteiger partial charge is 0.383 e. The van der Waals surface area contributed by atoms with E-state index in [0.717, 1.165) is 44.0 Å². The molecule has 2 N–H and O–H groups in total. The predicted molar refractivity (Wildman–Crippen MR) is 79.4 cm³/mol. The van der Waals surface area contributed by atoms with Crippen molar-refractivity contribution < 1.29 is 4.74 Å². The minimum atomic E-state index is 0.425. The first kappa shape index (κ1) is 14.6. The molecule has 0 saturated carbocycles. The van der Waals surface area contributed by atoms with Crippen molar-refractivity contribution in [3.63, 3.8) is 0 Å². The molecule has 0 radical (unpaired) electrons. The summed E-state index contributed by atoms with van der Waals surface area (Å²) in [5.41, 5.74) is 7.14. The number of hydrogen-bond donors (Lipinski definition) is 1. The fraction of sp³-hybridized carbons (Fsp3) is 0.667. The van der Waals surface area contributed by atoms with Crippen LogP contribution >= 0.6 is 11.6 Å². The Bertz CT molecular complexity index is 417. The number of rotatable bonds is 4. The third kappa shape index (κ3) is 3.83. The number of nitrogens with zero attached hydrogens (tertiary/aromatic N) is 1. The summed E-state index contributed by atoms with van der Waals surface area (Å²) in [6.45, 7) is 6.26. The summed E-state index contributed by atoms with van der Waals surface area (Å²) in [6, 6.07) is 1.98. The van der Waals surface area contributed by atoms with Gasteiger partial charge in [-0.25, -0.2) is 4.98 Å². The molecule has 0 spiro atoms. The van der Waals surface area contributed by atoms with Crippen LogP contribution in [0.3, 0.4) is 0 Å². The van der Waals surface area contributed by atoms with Crippen LogP contribution in [0.25, 0.3) is 0 Å². The maximum atomic E-state index is 6.07. The number of nitrogens with two attached hydrogens (primary N) is 1. The molecule has 2 rings (SSSR count). The first-order valence-corrected chi connectivity index (χ1v) is 7.44. The Morgan fingerprint density at radius 3 is 2.74 bits per heavy atom. The van der Waals surface area contributed by atoms with E-state index in [1.54, 1.807) is 6.20 Å². The fourth-order valence-electron chi connectivity index (χ4n) is 2.86. The topological polar surface area (TPSA) is 48.1 Å². The quantitative estimate of drug-likeness (QED) is 0.912. The molecule has 0 bridgehead atoms. The second kappa shape index (κ2) is 6.58. The first-order chi connectivity index (χ1) is 9.08. The Morgan fingerprint density at radius 1 is 1.42 bits per heavy atom. The van der Waals surface area contributed by atoms with Crippen molar-refractivity contribution in [2.75, 3.05) is 18.9 Å². The molecule has 3 nitrogen and oxygen atoms in total. The van der Waals surface area contributed by atoms with Crippen LogP contribution in [0.1, 0.15) is 44.6 Å². The van der Waals surface area contributed by atoms with Crippen LogP contribution in [0.5, 0.6) is 0 Å². The third-order valence-corrected chi connectivity index (χ3v) is 4.26. The standard InChI is InChI=1S/C15H23ClN2O/c1-10(2)13(7-11-3-5-19-6-4-11)14-8-12(16)9-18-15(14)17/h8-11,13H,3-7H2,1-2H3,(H2,17,18)/t13-/m0/s1. The van der Waals surface area contributed by atoms with Gasteiger partial charge in [-0.1, -0.05) is 25.4 Å². The van der Waals surface area contributed by atoms with Crippen LogP contribution in [0.2, 0.25) is 5.02 Å². The zero-order chi connectivity index (χ0) is 13.8. The van der Waals surface area contributed by atoms with Gasteiger partial charge in [-0.05, 0) is 48.6 Å². The monoisotopic (exact) mass is 282 g/mol. The summed E-state index contributed by atoms with van der Waals surface area (Å²) < 4.78 is 5.43. The average Bonchev–Trinajstić information content (AvgIpc) is 2.40. The third-order valence-electron chi connectivity index (χ3n) is 4.05. The Morgan fingerprint density at radius 2 is 2.11 bits per heavy atom. The summed E-state index contributed by atoms with van der Waals surface area (Å²) in [7, 11) is 0. The Labute approximate surface area is 120 Å². The maximum absolute atomic E-state index is 6.07. The molecular weight excluding hydrogens is 260 g/mol. The molecule has 1 aliphatic heterocycles. The lowest BCUT2D eigenvalue weighted by Gasteiger charge is -2.29. The van der Waals surface area contributed by atoms with Gasteiger partial charge in [0.25, 0.3) is 0 Å². The lowest BCUT2D eigenvalue weighted by molar-refractivity contribution is 0.0601. The molecular formula is C15H23ClN2O. The van der Waals surface area contributed by atoms with Crippen LogP contribution in [0.15, 0.2) is 12.3 Å². The molecule has 19 heavy (non-hydrogen) atoms. The normalized spacial score (nSPS) is 18.7. The molecule has 0 amide bonds. The molecule has 1 aromatic rings. The van der Waals surface area contributed by atoms with Crippen LogP contribution in [0.4, 0.5) is 5.82 Å². The number of hydrogen-bond acceptors (Lipinski definition) is 3. The van der Waals surface area contributed by atoms with Crippen molar-refractivity contribution in [3.8, 4) is 0 Å². The lowest BCUT2D eigenvalue weighted by Crippen LogP contribution is -2.21. The molecule has 1 aliphatic rings. The van der Waals surface area contributed by atoms with E-state index in [1.807, 2.05) is 6.07 Å². The molecule has 1 atom stereocenters. The van der Waals surface area contributed by atoms with Gasteiger partial charge in [0.15, 0.2) is 0 Å². The highest BCUT2D eigenvalue weighted by molar-refractivity contribution is 6.30. The summed E-state index contributed by atoms with van der Waals surface area (Å²) >= 11 is 6.07. The van der Waals surface area contributed by atoms with E-state index in [1.165, 1.54) is 0 Å². The summed E-state index contributed by atoms with van der Waals surface area (Å²) in [6.07, 6.45) is 5.06. The number of ether oxygens (including phenoxy) is 1. The van der Waals surface area contributed by atoms with Crippen LogP contribution in [0, 0.1) is 11.8 Å². The summed E-state index contributed by atoms with van der Waals surface area (Å²) in [4.78, 5) is 4.20. The molecule has 1 aromatic heterocycles. The van der Waals surface area contributed by atoms with Crippen molar-refractivity contribution in [3.05, 3.63) is 22.8 Å².